The molecule has 2 aromatic rings. The topological polar surface area (TPSA) is 12.4 Å². The summed E-state index contributed by atoms with van der Waals surface area (Å²) >= 11 is 0. The zero-order valence-electron chi connectivity index (χ0n) is 11.2. The molecular formula is C16H14F3N. The quantitative estimate of drug-likeness (QED) is 0.673. The Morgan fingerprint density at radius 1 is 1.00 bits per heavy atom. The average molecular weight is 277 g/mol. The van der Waals surface area contributed by atoms with E-state index in [2.05, 4.69) is 4.99 Å². The predicted octanol–water partition coefficient (Wildman–Crippen LogP) is 5.15. The zero-order chi connectivity index (χ0) is 14.8. The lowest BCUT2D eigenvalue weighted by Gasteiger charge is -2.10. The summed E-state index contributed by atoms with van der Waals surface area (Å²) < 4.78 is 38.7. The Balaban J connectivity index is 2.46. The lowest BCUT2D eigenvalue weighted by molar-refractivity contribution is -0.137. The van der Waals surface area contributed by atoms with E-state index in [1.165, 1.54) is 12.1 Å². The molecule has 0 aliphatic carbocycles. The SMILES string of the molecule is CC(=Nc1ccccc1C(F)(F)F)c1cccc(C)c1. The number of aliphatic imine (C=N–C) groups is 1. The molecule has 0 heterocycles. The van der Waals surface area contributed by atoms with Crippen molar-refractivity contribution in [3.63, 3.8) is 0 Å². The van der Waals surface area contributed by atoms with Crippen LogP contribution in [0.4, 0.5) is 18.9 Å². The Bertz CT molecular complexity index is 642. The summed E-state index contributed by atoms with van der Waals surface area (Å²) in [6, 6.07) is 12.9. The van der Waals surface area contributed by atoms with Crippen LogP contribution in [0.3, 0.4) is 0 Å². The maximum Gasteiger partial charge on any atom is 0.418 e. The number of nitrogens with zero attached hydrogens (tertiary/aromatic N) is 1. The van der Waals surface area contributed by atoms with Gasteiger partial charge in [0, 0.05) is 5.71 Å². The molecule has 0 saturated carbocycles. The van der Waals surface area contributed by atoms with Gasteiger partial charge in [0.25, 0.3) is 0 Å². The van der Waals surface area contributed by atoms with Crippen LogP contribution in [-0.4, -0.2) is 5.71 Å². The van der Waals surface area contributed by atoms with Crippen LogP contribution >= 0.6 is 0 Å². The molecule has 0 radical (unpaired) electrons. The minimum absolute atomic E-state index is 0.0565. The van der Waals surface area contributed by atoms with Crippen molar-refractivity contribution in [2.45, 2.75) is 20.0 Å². The lowest BCUT2D eigenvalue weighted by Crippen LogP contribution is -2.05. The highest BCUT2D eigenvalue weighted by Crippen LogP contribution is 2.36. The van der Waals surface area contributed by atoms with E-state index < -0.39 is 11.7 Å². The Morgan fingerprint density at radius 2 is 1.70 bits per heavy atom. The first-order valence-corrected chi connectivity index (χ1v) is 6.16. The van der Waals surface area contributed by atoms with E-state index in [1.807, 2.05) is 31.2 Å². The lowest BCUT2D eigenvalue weighted by atomic mass is 10.1. The normalized spacial score (nSPS) is 12.6. The summed E-state index contributed by atoms with van der Waals surface area (Å²) in [6.45, 7) is 3.64. The Kier molecular flexibility index (Phi) is 3.93. The second kappa shape index (κ2) is 5.49. The molecular weight excluding hydrogens is 263 g/mol. The number of aryl methyl sites for hydroxylation is 1. The second-order valence-corrected chi connectivity index (χ2v) is 4.58. The molecule has 0 fully saturated rings. The van der Waals surface area contributed by atoms with Crippen LogP contribution in [0.5, 0.6) is 0 Å². The Hall–Kier alpha value is -2.10. The van der Waals surface area contributed by atoms with Crippen LogP contribution in [0.1, 0.15) is 23.6 Å². The number of hydrogen-bond donors (Lipinski definition) is 0. The first kappa shape index (κ1) is 14.3. The van der Waals surface area contributed by atoms with Gasteiger partial charge in [-0.25, -0.2) is 0 Å². The largest absolute Gasteiger partial charge is 0.418 e. The fourth-order valence-electron chi connectivity index (χ4n) is 1.93. The molecule has 0 aliphatic rings. The third kappa shape index (κ3) is 3.26. The third-order valence-electron chi connectivity index (χ3n) is 2.93. The van der Waals surface area contributed by atoms with E-state index in [0.717, 1.165) is 17.2 Å². The number of rotatable bonds is 2. The molecule has 0 aromatic heterocycles. The van der Waals surface area contributed by atoms with Crippen molar-refractivity contribution in [1.82, 2.24) is 0 Å². The molecule has 0 spiro atoms. The highest BCUT2D eigenvalue weighted by atomic mass is 19.4. The molecule has 0 saturated heterocycles. The summed E-state index contributed by atoms with van der Waals surface area (Å²) in [5, 5.41) is 0. The van der Waals surface area contributed by atoms with Crippen LogP contribution in [0.2, 0.25) is 0 Å². The van der Waals surface area contributed by atoms with E-state index >= 15 is 0 Å². The maximum absolute atomic E-state index is 12.9. The van der Waals surface area contributed by atoms with E-state index in [9.17, 15) is 13.2 Å². The second-order valence-electron chi connectivity index (χ2n) is 4.58. The molecule has 2 aromatic carbocycles. The monoisotopic (exact) mass is 277 g/mol. The molecule has 0 amide bonds. The van der Waals surface area contributed by atoms with Gasteiger partial charge < -0.3 is 0 Å². The average Bonchev–Trinajstić information content (AvgIpc) is 2.38. The smallest absolute Gasteiger partial charge is 0.253 e. The van der Waals surface area contributed by atoms with Crippen LogP contribution < -0.4 is 0 Å². The Morgan fingerprint density at radius 3 is 2.35 bits per heavy atom. The minimum Gasteiger partial charge on any atom is -0.253 e. The van der Waals surface area contributed by atoms with E-state index in [4.69, 9.17) is 0 Å². The summed E-state index contributed by atoms with van der Waals surface area (Å²) in [5.41, 5.74) is 1.65. The summed E-state index contributed by atoms with van der Waals surface area (Å²) in [5.74, 6) is 0. The third-order valence-corrected chi connectivity index (χ3v) is 2.93. The van der Waals surface area contributed by atoms with Crippen molar-refractivity contribution in [3.05, 3.63) is 65.2 Å². The van der Waals surface area contributed by atoms with Crippen LogP contribution in [0.15, 0.2) is 53.5 Å². The van der Waals surface area contributed by atoms with Gasteiger partial charge in [-0.15, -0.1) is 0 Å². The van der Waals surface area contributed by atoms with Crippen molar-refractivity contribution in [3.8, 4) is 0 Å². The fraction of sp³-hybridized carbons (Fsp3) is 0.188. The van der Waals surface area contributed by atoms with E-state index in [-0.39, 0.29) is 5.69 Å². The van der Waals surface area contributed by atoms with Crippen LogP contribution in [-0.2, 0) is 6.18 Å². The van der Waals surface area contributed by atoms with Gasteiger partial charge in [0.15, 0.2) is 0 Å². The molecule has 2 rings (SSSR count). The van der Waals surface area contributed by atoms with Gasteiger partial charge in [-0.1, -0.05) is 42.0 Å². The summed E-state index contributed by atoms with van der Waals surface area (Å²) in [7, 11) is 0. The molecule has 0 unspecified atom stereocenters. The molecule has 0 N–H and O–H groups in total. The van der Waals surface area contributed by atoms with Gasteiger partial charge in [-0.05, 0) is 31.5 Å². The zero-order valence-corrected chi connectivity index (χ0v) is 11.2. The van der Waals surface area contributed by atoms with Crippen molar-refractivity contribution >= 4 is 11.4 Å². The molecule has 4 heteroatoms. The number of halogens is 3. The first-order valence-electron chi connectivity index (χ1n) is 6.16. The van der Waals surface area contributed by atoms with Gasteiger partial charge in [0.1, 0.15) is 0 Å². The van der Waals surface area contributed by atoms with Crippen molar-refractivity contribution in [2.24, 2.45) is 4.99 Å². The number of benzene rings is 2. The molecule has 20 heavy (non-hydrogen) atoms. The Labute approximate surface area is 115 Å². The van der Waals surface area contributed by atoms with Gasteiger partial charge in [-0.2, -0.15) is 13.2 Å². The number of para-hydroxylation sites is 1. The molecule has 104 valence electrons. The molecule has 0 aliphatic heterocycles. The van der Waals surface area contributed by atoms with Crippen LogP contribution in [0.25, 0.3) is 0 Å². The van der Waals surface area contributed by atoms with Crippen LogP contribution in [0, 0.1) is 6.92 Å². The van der Waals surface area contributed by atoms with Crippen molar-refractivity contribution in [2.75, 3.05) is 0 Å². The van der Waals surface area contributed by atoms with Gasteiger partial charge in [0.2, 0.25) is 0 Å². The molecule has 1 nitrogen and oxygen atoms in total. The maximum atomic E-state index is 12.9. The van der Waals surface area contributed by atoms with Crippen molar-refractivity contribution in [1.29, 1.82) is 0 Å². The highest BCUT2D eigenvalue weighted by Gasteiger charge is 2.33. The number of hydrogen-bond acceptors (Lipinski definition) is 1. The predicted molar refractivity (Wildman–Crippen MR) is 74.5 cm³/mol. The van der Waals surface area contributed by atoms with Gasteiger partial charge in [-0.3, -0.25) is 4.99 Å². The highest BCUT2D eigenvalue weighted by molar-refractivity contribution is 6.00. The van der Waals surface area contributed by atoms with Crippen molar-refractivity contribution < 1.29 is 13.2 Å². The fourth-order valence-corrected chi connectivity index (χ4v) is 1.93. The molecule has 0 bridgehead atoms. The summed E-state index contributed by atoms with van der Waals surface area (Å²) in [4.78, 5) is 4.13. The number of alkyl halides is 3. The van der Waals surface area contributed by atoms with Gasteiger partial charge >= 0.3 is 6.18 Å². The van der Waals surface area contributed by atoms with E-state index in [0.29, 0.717) is 5.71 Å². The van der Waals surface area contributed by atoms with E-state index in [1.54, 1.807) is 13.0 Å². The first-order chi connectivity index (χ1) is 9.38. The summed E-state index contributed by atoms with van der Waals surface area (Å²) in [6.07, 6.45) is -4.40. The standard InChI is InChI=1S/C16H14F3N/c1-11-6-5-7-13(10-11)12(2)20-15-9-4-3-8-14(15)16(17,18)19/h3-10H,1-2H3. The minimum atomic E-state index is -4.40. The van der Waals surface area contributed by atoms with Gasteiger partial charge in [0.05, 0.1) is 11.3 Å². The molecule has 0 atom stereocenters.